The zero-order valence-electron chi connectivity index (χ0n) is 15.1. The van der Waals surface area contributed by atoms with E-state index < -0.39 is 0 Å². The quantitative estimate of drug-likeness (QED) is 0.771. The minimum absolute atomic E-state index is 0.147. The number of fused-ring (bicyclic) bond motifs is 1. The Morgan fingerprint density at radius 1 is 1.08 bits per heavy atom. The second-order valence-corrected chi connectivity index (χ2v) is 7.65. The van der Waals surface area contributed by atoms with E-state index in [2.05, 4.69) is 73.4 Å². The maximum Gasteiger partial charge on any atom is 0.106 e. The van der Waals surface area contributed by atoms with Crippen LogP contribution in [-0.2, 0) is 16.7 Å². The number of oxime groups is 1. The molecule has 0 saturated carbocycles. The van der Waals surface area contributed by atoms with Gasteiger partial charge in [0.15, 0.2) is 0 Å². The molecule has 0 radical (unpaired) electrons. The van der Waals surface area contributed by atoms with E-state index in [1.165, 1.54) is 5.56 Å². The Morgan fingerprint density at radius 3 is 2.42 bits per heavy atom. The largest absolute Gasteiger partial charge is 0.399 e. The Hall–Kier alpha value is -2.23. The van der Waals surface area contributed by atoms with Gasteiger partial charge in [0.25, 0.3) is 0 Å². The van der Waals surface area contributed by atoms with Crippen LogP contribution in [0.5, 0.6) is 0 Å². The van der Waals surface area contributed by atoms with Crippen LogP contribution in [-0.4, -0.2) is 23.0 Å². The lowest BCUT2D eigenvalue weighted by atomic mass is 9.85. The van der Waals surface area contributed by atoms with Crippen LogP contribution in [0.1, 0.15) is 50.9 Å². The van der Waals surface area contributed by atoms with Gasteiger partial charge in [0.2, 0.25) is 0 Å². The lowest BCUT2D eigenvalue weighted by molar-refractivity contribution is 0.212. The summed E-state index contributed by atoms with van der Waals surface area (Å²) in [6.07, 6.45) is 1.85. The second kappa shape index (κ2) is 6.34. The number of benzene rings is 1. The van der Waals surface area contributed by atoms with Crippen LogP contribution in [0, 0.1) is 5.92 Å². The topological polar surface area (TPSA) is 47.4 Å². The minimum atomic E-state index is 0.147. The van der Waals surface area contributed by atoms with Crippen molar-refractivity contribution in [3.63, 3.8) is 0 Å². The van der Waals surface area contributed by atoms with Crippen molar-refractivity contribution in [2.45, 2.75) is 46.0 Å². The van der Waals surface area contributed by atoms with Crippen molar-refractivity contribution < 1.29 is 4.84 Å². The van der Waals surface area contributed by atoms with Gasteiger partial charge < -0.3 is 4.84 Å². The highest BCUT2D eigenvalue weighted by atomic mass is 16.6. The smallest absolute Gasteiger partial charge is 0.106 e. The molecule has 0 saturated heterocycles. The van der Waals surface area contributed by atoms with E-state index in [-0.39, 0.29) is 5.41 Å². The average molecular weight is 323 g/mol. The predicted octanol–water partition coefficient (Wildman–Crippen LogP) is 4.37. The Morgan fingerprint density at radius 2 is 1.79 bits per heavy atom. The number of nitrogens with zero attached hydrogens (tertiary/aromatic N) is 3. The van der Waals surface area contributed by atoms with Crippen molar-refractivity contribution in [2.24, 2.45) is 11.1 Å². The molecule has 1 atom stereocenters. The zero-order chi connectivity index (χ0) is 17.3. The third kappa shape index (κ3) is 3.32. The Kier molecular flexibility index (Phi) is 4.39. The Bertz CT molecular complexity index is 757. The zero-order valence-corrected chi connectivity index (χ0v) is 15.1. The summed E-state index contributed by atoms with van der Waals surface area (Å²) in [7, 11) is 1.59. The summed E-state index contributed by atoms with van der Waals surface area (Å²) in [4.78, 5) is 5.03. The van der Waals surface area contributed by atoms with E-state index in [1.807, 2.05) is 0 Å². The van der Waals surface area contributed by atoms with Crippen LogP contribution in [0.3, 0.4) is 0 Å². The maximum atomic E-state index is 5.03. The van der Waals surface area contributed by atoms with E-state index in [9.17, 15) is 0 Å². The number of rotatable bonds is 2. The molecule has 2 aromatic rings. The maximum absolute atomic E-state index is 5.03. The van der Waals surface area contributed by atoms with Gasteiger partial charge in [-0.1, -0.05) is 57.1 Å². The van der Waals surface area contributed by atoms with Gasteiger partial charge in [-0.2, -0.15) is 10.2 Å². The van der Waals surface area contributed by atoms with Crippen LogP contribution in [0.15, 0.2) is 35.5 Å². The number of hydrogen-bond donors (Lipinski definition) is 0. The molecule has 1 aromatic carbocycles. The molecule has 1 heterocycles. The van der Waals surface area contributed by atoms with Crippen molar-refractivity contribution >= 4 is 5.71 Å². The fourth-order valence-corrected chi connectivity index (χ4v) is 3.14. The molecule has 0 unspecified atom stereocenters. The molecule has 0 N–H and O–H groups in total. The predicted molar refractivity (Wildman–Crippen MR) is 97.2 cm³/mol. The van der Waals surface area contributed by atoms with E-state index in [1.54, 1.807) is 7.11 Å². The van der Waals surface area contributed by atoms with E-state index in [0.717, 1.165) is 41.1 Å². The highest BCUT2D eigenvalue weighted by molar-refractivity contribution is 6.02. The van der Waals surface area contributed by atoms with E-state index in [0.29, 0.717) is 5.92 Å². The van der Waals surface area contributed by atoms with Crippen LogP contribution in [0.4, 0.5) is 0 Å². The highest BCUT2D eigenvalue weighted by Gasteiger charge is 2.24. The number of hydrogen-bond acceptors (Lipinski definition) is 4. The standard InChI is InChI=1S/C20H25N3O/c1-13-10-18-16(19(11-13)23-24-5)12-17(21-22-18)14-6-8-15(9-7-14)20(2,3)4/h6-9,12-13H,10-11H2,1-5H3/b23-19-/t13-/m1/s1. The van der Waals surface area contributed by atoms with Gasteiger partial charge in [0.05, 0.1) is 17.1 Å². The first-order valence-corrected chi connectivity index (χ1v) is 8.46. The minimum Gasteiger partial charge on any atom is -0.399 e. The van der Waals surface area contributed by atoms with Crippen LogP contribution < -0.4 is 0 Å². The molecule has 24 heavy (non-hydrogen) atoms. The lowest BCUT2D eigenvalue weighted by Crippen LogP contribution is -2.21. The van der Waals surface area contributed by atoms with Crippen molar-refractivity contribution in [3.8, 4) is 11.3 Å². The molecule has 4 heteroatoms. The van der Waals surface area contributed by atoms with Crippen LogP contribution in [0.2, 0.25) is 0 Å². The van der Waals surface area contributed by atoms with Gasteiger partial charge in [-0.3, -0.25) is 0 Å². The summed E-state index contributed by atoms with van der Waals surface area (Å²) in [6.45, 7) is 8.86. The molecule has 0 amide bonds. The SMILES string of the molecule is CO/N=C1/C[C@H](C)Cc2nnc(-c3ccc(C(C)(C)C)cc3)cc21. The fourth-order valence-electron chi connectivity index (χ4n) is 3.14. The van der Waals surface area contributed by atoms with Crippen LogP contribution in [0.25, 0.3) is 11.3 Å². The van der Waals surface area contributed by atoms with Crippen molar-refractivity contribution in [1.29, 1.82) is 0 Å². The summed E-state index contributed by atoms with van der Waals surface area (Å²) < 4.78 is 0. The third-order valence-electron chi connectivity index (χ3n) is 4.51. The molecule has 4 nitrogen and oxygen atoms in total. The Balaban J connectivity index is 1.99. The van der Waals surface area contributed by atoms with Gasteiger partial charge in [-0.15, -0.1) is 0 Å². The normalized spacial score (nSPS) is 19.2. The lowest BCUT2D eigenvalue weighted by Gasteiger charge is -2.22. The summed E-state index contributed by atoms with van der Waals surface area (Å²) in [6, 6.07) is 10.7. The first-order valence-electron chi connectivity index (χ1n) is 8.46. The fraction of sp³-hybridized carbons (Fsp3) is 0.450. The summed E-state index contributed by atoms with van der Waals surface area (Å²) in [5.41, 5.74) is 6.47. The van der Waals surface area contributed by atoms with Gasteiger partial charge >= 0.3 is 0 Å². The Labute approximate surface area is 144 Å². The molecule has 126 valence electrons. The molecule has 3 rings (SSSR count). The summed E-state index contributed by atoms with van der Waals surface area (Å²) in [5.74, 6) is 0.512. The van der Waals surface area contributed by atoms with Gasteiger partial charge in [0.1, 0.15) is 7.11 Å². The highest BCUT2D eigenvalue weighted by Crippen LogP contribution is 2.29. The molecule has 1 aliphatic carbocycles. The molecule has 1 aromatic heterocycles. The van der Waals surface area contributed by atoms with Crippen molar-refractivity contribution in [2.75, 3.05) is 7.11 Å². The van der Waals surface area contributed by atoms with Gasteiger partial charge in [-0.05, 0) is 35.8 Å². The summed E-state index contributed by atoms with van der Waals surface area (Å²) in [5, 5.41) is 13.1. The average Bonchev–Trinajstić information content (AvgIpc) is 2.54. The van der Waals surface area contributed by atoms with E-state index >= 15 is 0 Å². The molecule has 1 aliphatic rings. The molecule has 0 bridgehead atoms. The summed E-state index contributed by atoms with van der Waals surface area (Å²) >= 11 is 0. The third-order valence-corrected chi connectivity index (χ3v) is 4.51. The first-order chi connectivity index (χ1) is 11.4. The molecule has 0 fully saturated rings. The first kappa shape index (κ1) is 16.6. The van der Waals surface area contributed by atoms with Crippen molar-refractivity contribution in [3.05, 3.63) is 47.2 Å². The van der Waals surface area contributed by atoms with Crippen molar-refractivity contribution in [1.82, 2.24) is 10.2 Å². The molecule has 0 spiro atoms. The monoisotopic (exact) mass is 323 g/mol. The molecule has 0 aliphatic heterocycles. The van der Waals surface area contributed by atoms with Crippen LogP contribution >= 0.6 is 0 Å². The van der Waals surface area contributed by atoms with E-state index in [4.69, 9.17) is 4.84 Å². The molecular weight excluding hydrogens is 298 g/mol. The van der Waals surface area contributed by atoms with Gasteiger partial charge in [0, 0.05) is 11.1 Å². The molecular formula is C20H25N3O. The second-order valence-electron chi connectivity index (χ2n) is 7.65. The van der Waals surface area contributed by atoms with Gasteiger partial charge in [-0.25, -0.2) is 0 Å². The number of aromatic nitrogens is 2.